The van der Waals surface area contributed by atoms with Crippen LogP contribution >= 0.6 is 0 Å². The number of aliphatic hydroxyl groups is 1. The molecule has 0 aliphatic rings. The van der Waals surface area contributed by atoms with Crippen molar-refractivity contribution in [3.05, 3.63) is 29.8 Å². The summed E-state index contributed by atoms with van der Waals surface area (Å²) >= 11 is 0. The third-order valence-corrected chi connectivity index (χ3v) is 1.44. The first-order valence-electron chi connectivity index (χ1n) is 3.64. The SMILES string of the molecule is CC(O)Cc1cccc(O)c1.[H-].[Na+]. The quantitative estimate of drug-likeness (QED) is 0.535. The van der Waals surface area contributed by atoms with Gasteiger partial charge in [-0.2, -0.15) is 0 Å². The van der Waals surface area contributed by atoms with Gasteiger partial charge in [0, 0.05) is 0 Å². The fourth-order valence-electron chi connectivity index (χ4n) is 1.02. The van der Waals surface area contributed by atoms with Gasteiger partial charge in [0.05, 0.1) is 6.10 Å². The molecule has 0 saturated carbocycles. The molecule has 0 radical (unpaired) electrons. The van der Waals surface area contributed by atoms with E-state index in [2.05, 4.69) is 0 Å². The topological polar surface area (TPSA) is 40.5 Å². The van der Waals surface area contributed by atoms with Gasteiger partial charge >= 0.3 is 29.6 Å². The number of phenols is 1. The average Bonchev–Trinajstić information content (AvgIpc) is 1.85. The summed E-state index contributed by atoms with van der Waals surface area (Å²) in [5.74, 6) is 0.253. The zero-order chi connectivity index (χ0) is 8.27. The van der Waals surface area contributed by atoms with Gasteiger partial charge in [-0.15, -0.1) is 0 Å². The van der Waals surface area contributed by atoms with E-state index < -0.39 is 0 Å². The van der Waals surface area contributed by atoms with Crippen LogP contribution in [0.3, 0.4) is 0 Å². The Morgan fingerprint density at radius 3 is 2.67 bits per heavy atom. The smallest absolute Gasteiger partial charge is 1.00 e. The summed E-state index contributed by atoms with van der Waals surface area (Å²) in [5, 5.41) is 18.1. The van der Waals surface area contributed by atoms with E-state index in [9.17, 15) is 0 Å². The molecule has 0 aromatic heterocycles. The van der Waals surface area contributed by atoms with Gasteiger partial charge in [0.15, 0.2) is 0 Å². The number of aromatic hydroxyl groups is 1. The molecule has 0 bridgehead atoms. The van der Waals surface area contributed by atoms with Crippen molar-refractivity contribution >= 4 is 0 Å². The summed E-state index contributed by atoms with van der Waals surface area (Å²) in [7, 11) is 0. The van der Waals surface area contributed by atoms with Crippen molar-refractivity contribution in [3.8, 4) is 5.75 Å². The summed E-state index contributed by atoms with van der Waals surface area (Å²) in [6.07, 6.45) is 0.241. The van der Waals surface area contributed by atoms with Gasteiger partial charge in [0.1, 0.15) is 5.75 Å². The predicted molar refractivity (Wildman–Crippen MR) is 44.6 cm³/mol. The molecule has 0 fully saturated rings. The number of hydrogen-bond donors (Lipinski definition) is 2. The minimum absolute atomic E-state index is 0. The second-order valence-electron chi connectivity index (χ2n) is 2.72. The molecular formula is C9H13NaO2. The minimum atomic E-state index is -0.350. The Hall–Kier alpha value is -0.0200. The Morgan fingerprint density at radius 2 is 2.17 bits per heavy atom. The van der Waals surface area contributed by atoms with E-state index in [1.54, 1.807) is 25.1 Å². The van der Waals surface area contributed by atoms with Crippen molar-refractivity contribution in [2.45, 2.75) is 19.4 Å². The molecule has 0 aliphatic carbocycles. The van der Waals surface area contributed by atoms with Gasteiger partial charge in [0.2, 0.25) is 0 Å². The maximum atomic E-state index is 9.04. The molecule has 0 heterocycles. The van der Waals surface area contributed by atoms with Crippen LogP contribution in [-0.2, 0) is 6.42 Å². The van der Waals surface area contributed by atoms with E-state index in [0.717, 1.165) is 5.56 Å². The zero-order valence-electron chi connectivity index (χ0n) is 8.49. The van der Waals surface area contributed by atoms with Crippen LogP contribution in [0.2, 0.25) is 0 Å². The van der Waals surface area contributed by atoms with E-state index in [0.29, 0.717) is 6.42 Å². The van der Waals surface area contributed by atoms with Crippen molar-refractivity contribution in [3.63, 3.8) is 0 Å². The molecule has 1 unspecified atom stereocenters. The fraction of sp³-hybridized carbons (Fsp3) is 0.333. The molecule has 2 nitrogen and oxygen atoms in total. The average molecular weight is 176 g/mol. The molecule has 2 N–H and O–H groups in total. The molecule has 1 rings (SSSR count). The summed E-state index contributed by atoms with van der Waals surface area (Å²) < 4.78 is 0. The molecule has 62 valence electrons. The normalized spacial score (nSPS) is 11.8. The van der Waals surface area contributed by atoms with Gasteiger partial charge in [-0.1, -0.05) is 12.1 Å². The third-order valence-electron chi connectivity index (χ3n) is 1.44. The van der Waals surface area contributed by atoms with Crippen LogP contribution in [-0.4, -0.2) is 16.3 Å². The fourth-order valence-corrected chi connectivity index (χ4v) is 1.02. The molecule has 0 amide bonds. The van der Waals surface area contributed by atoms with E-state index in [1.165, 1.54) is 0 Å². The van der Waals surface area contributed by atoms with Gasteiger partial charge in [-0.05, 0) is 31.0 Å². The molecule has 1 aromatic carbocycles. The van der Waals surface area contributed by atoms with Crippen molar-refractivity contribution < 1.29 is 41.2 Å². The molecule has 1 atom stereocenters. The molecule has 0 saturated heterocycles. The van der Waals surface area contributed by atoms with Crippen molar-refractivity contribution in [1.82, 2.24) is 0 Å². The van der Waals surface area contributed by atoms with Crippen LogP contribution < -0.4 is 29.6 Å². The summed E-state index contributed by atoms with van der Waals surface area (Å²) in [6, 6.07) is 6.93. The van der Waals surface area contributed by atoms with Crippen LogP contribution in [0.5, 0.6) is 5.75 Å². The van der Waals surface area contributed by atoms with E-state index >= 15 is 0 Å². The molecule has 1 aromatic rings. The Bertz CT molecular complexity index is 241. The number of rotatable bonds is 2. The first-order chi connectivity index (χ1) is 5.18. The summed E-state index contributed by atoms with van der Waals surface area (Å²) in [4.78, 5) is 0. The van der Waals surface area contributed by atoms with Crippen molar-refractivity contribution in [2.75, 3.05) is 0 Å². The van der Waals surface area contributed by atoms with Gasteiger partial charge in [-0.3, -0.25) is 0 Å². The Balaban J connectivity index is 0. The zero-order valence-corrected chi connectivity index (χ0v) is 9.49. The molecule has 12 heavy (non-hydrogen) atoms. The molecule has 3 heteroatoms. The second kappa shape index (κ2) is 5.60. The maximum Gasteiger partial charge on any atom is 1.00 e. The third kappa shape index (κ3) is 4.12. The van der Waals surface area contributed by atoms with E-state index in [1.807, 2.05) is 6.07 Å². The van der Waals surface area contributed by atoms with Gasteiger partial charge in [-0.25, -0.2) is 0 Å². The number of aliphatic hydroxyl groups excluding tert-OH is 1. The molecular weight excluding hydrogens is 163 g/mol. The Kier molecular flexibility index (Phi) is 5.59. The first kappa shape index (κ1) is 12.0. The first-order valence-corrected chi connectivity index (χ1v) is 3.64. The number of phenolic OH excluding ortho intramolecular Hbond substituents is 1. The number of benzene rings is 1. The van der Waals surface area contributed by atoms with E-state index in [-0.39, 0.29) is 42.8 Å². The van der Waals surface area contributed by atoms with Crippen LogP contribution in [0, 0.1) is 0 Å². The minimum Gasteiger partial charge on any atom is -1.00 e. The Morgan fingerprint density at radius 1 is 1.50 bits per heavy atom. The summed E-state index contributed by atoms with van der Waals surface area (Å²) in [5.41, 5.74) is 0.958. The standard InChI is InChI=1S/C9H12O2.Na.H/c1-7(10)5-8-3-2-4-9(11)6-8;;/h2-4,6-7,10-11H,5H2,1H3;;/q;+1;-1. The van der Waals surface area contributed by atoms with E-state index in [4.69, 9.17) is 10.2 Å². The van der Waals surface area contributed by atoms with Crippen LogP contribution in [0.1, 0.15) is 13.9 Å². The number of hydrogen-bond acceptors (Lipinski definition) is 2. The largest absolute Gasteiger partial charge is 1.00 e. The van der Waals surface area contributed by atoms with Crippen LogP contribution in [0.15, 0.2) is 24.3 Å². The molecule has 0 aliphatic heterocycles. The molecule has 0 spiro atoms. The summed E-state index contributed by atoms with van der Waals surface area (Å²) in [6.45, 7) is 1.73. The monoisotopic (exact) mass is 176 g/mol. The van der Waals surface area contributed by atoms with Gasteiger partial charge < -0.3 is 11.6 Å². The second-order valence-corrected chi connectivity index (χ2v) is 2.72. The van der Waals surface area contributed by atoms with Crippen molar-refractivity contribution in [1.29, 1.82) is 0 Å². The van der Waals surface area contributed by atoms with Crippen LogP contribution in [0.4, 0.5) is 0 Å². The van der Waals surface area contributed by atoms with Crippen molar-refractivity contribution in [2.24, 2.45) is 0 Å². The maximum absolute atomic E-state index is 9.04. The van der Waals surface area contributed by atoms with Crippen LogP contribution in [0.25, 0.3) is 0 Å². The van der Waals surface area contributed by atoms with Gasteiger partial charge in [0.25, 0.3) is 0 Å². The Labute approximate surface area is 96.0 Å². The predicted octanol–water partition coefficient (Wildman–Crippen LogP) is -1.57.